The van der Waals surface area contributed by atoms with Crippen molar-refractivity contribution >= 4 is 39.8 Å². The molecule has 0 unspecified atom stereocenters. The third kappa shape index (κ3) is 3.90. The summed E-state index contributed by atoms with van der Waals surface area (Å²) in [5.74, 6) is 0.554. The van der Waals surface area contributed by atoms with Crippen molar-refractivity contribution in [3.63, 3.8) is 0 Å². The number of thiophene rings is 1. The van der Waals surface area contributed by atoms with E-state index in [2.05, 4.69) is 15.1 Å². The first kappa shape index (κ1) is 18.6. The highest BCUT2D eigenvalue weighted by Crippen LogP contribution is 2.27. The number of carbonyl (C=O) groups excluding carboxylic acids is 1. The highest BCUT2D eigenvalue weighted by atomic mass is 35.5. The Morgan fingerprint density at radius 3 is 2.89 bits per heavy atom. The number of nitrogens with zero attached hydrogens (tertiary/aromatic N) is 3. The molecule has 1 aromatic carbocycles. The maximum atomic E-state index is 12.1. The Labute approximate surface area is 170 Å². The number of rotatable bonds is 6. The fourth-order valence-electron chi connectivity index (χ4n) is 2.81. The Hall–Kier alpha value is -2.77. The maximum Gasteiger partial charge on any atom is 0.306 e. The summed E-state index contributed by atoms with van der Waals surface area (Å²) in [4.78, 5) is 21.8. The molecule has 3 aromatic heterocycles. The van der Waals surface area contributed by atoms with Crippen LogP contribution in [-0.4, -0.2) is 21.1 Å². The summed E-state index contributed by atoms with van der Waals surface area (Å²) in [7, 11) is 0. The van der Waals surface area contributed by atoms with E-state index >= 15 is 0 Å². The van der Waals surface area contributed by atoms with E-state index in [0.29, 0.717) is 28.9 Å². The van der Waals surface area contributed by atoms with Gasteiger partial charge in [0.15, 0.2) is 0 Å². The van der Waals surface area contributed by atoms with E-state index in [4.69, 9.17) is 20.9 Å². The van der Waals surface area contributed by atoms with Crippen molar-refractivity contribution in [2.45, 2.75) is 26.4 Å². The lowest BCUT2D eigenvalue weighted by atomic mass is 10.1. The zero-order chi connectivity index (χ0) is 19.5. The molecule has 0 aliphatic heterocycles. The SMILES string of the molecule is Cc1c(Cl)c(COC(=O)CCc2nc(-c3cccs3)no2)nc2ccccc12. The van der Waals surface area contributed by atoms with E-state index in [-0.39, 0.29) is 19.0 Å². The van der Waals surface area contributed by atoms with Gasteiger partial charge in [0.25, 0.3) is 0 Å². The largest absolute Gasteiger partial charge is 0.459 e. The Morgan fingerprint density at radius 2 is 2.07 bits per heavy atom. The molecule has 8 heteroatoms. The van der Waals surface area contributed by atoms with Gasteiger partial charge in [-0.25, -0.2) is 4.98 Å². The molecule has 28 heavy (non-hydrogen) atoms. The van der Waals surface area contributed by atoms with Gasteiger partial charge in [0, 0.05) is 11.8 Å². The third-order valence-corrected chi connectivity index (χ3v) is 5.64. The van der Waals surface area contributed by atoms with Gasteiger partial charge in [0.05, 0.1) is 27.5 Å². The number of hydrogen-bond donors (Lipinski definition) is 0. The van der Waals surface area contributed by atoms with Crippen molar-refractivity contribution in [1.29, 1.82) is 0 Å². The molecule has 0 atom stereocenters. The molecule has 0 saturated heterocycles. The van der Waals surface area contributed by atoms with Gasteiger partial charge >= 0.3 is 5.97 Å². The Bertz CT molecular complexity index is 1130. The minimum Gasteiger partial charge on any atom is -0.459 e. The van der Waals surface area contributed by atoms with Gasteiger partial charge in [-0.3, -0.25) is 4.79 Å². The standard InChI is InChI=1S/C20H16ClN3O3S/c1-12-13-5-2-3-6-14(13)22-15(19(12)21)11-26-18(25)9-8-17-23-20(24-27-17)16-7-4-10-28-16/h2-7,10H,8-9,11H2,1H3. The van der Waals surface area contributed by atoms with Crippen molar-refractivity contribution in [1.82, 2.24) is 15.1 Å². The first-order valence-electron chi connectivity index (χ1n) is 8.67. The van der Waals surface area contributed by atoms with Crippen molar-refractivity contribution in [3.05, 3.63) is 63.9 Å². The summed E-state index contributed by atoms with van der Waals surface area (Å²) >= 11 is 7.92. The minimum atomic E-state index is -0.375. The summed E-state index contributed by atoms with van der Waals surface area (Å²) < 4.78 is 10.5. The number of carbonyl (C=O) groups is 1. The van der Waals surface area contributed by atoms with Crippen LogP contribution in [0.1, 0.15) is 23.6 Å². The quantitative estimate of drug-likeness (QED) is 0.414. The van der Waals surface area contributed by atoms with Gasteiger partial charge < -0.3 is 9.26 Å². The van der Waals surface area contributed by atoms with Crippen molar-refractivity contribution in [2.75, 3.05) is 0 Å². The Morgan fingerprint density at radius 1 is 1.21 bits per heavy atom. The summed E-state index contributed by atoms with van der Waals surface area (Å²) in [6.45, 7) is 1.95. The second-order valence-electron chi connectivity index (χ2n) is 6.16. The van der Waals surface area contributed by atoms with E-state index in [1.54, 1.807) is 0 Å². The molecule has 0 amide bonds. The van der Waals surface area contributed by atoms with E-state index < -0.39 is 0 Å². The molecule has 0 saturated carbocycles. The average Bonchev–Trinajstić information content (AvgIpc) is 3.39. The second kappa shape index (κ2) is 8.08. The molecule has 0 radical (unpaired) electrons. The lowest BCUT2D eigenvalue weighted by molar-refractivity contribution is -0.145. The highest BCUT2D eigenvalue weighted by Gasteiger charge is 2.14. The number of esters is 1. The maximum absolute atomic E-state index is 12.1. The normalized spacial score (nSPS) is 11.1. The monoisotopic (exact) mass is 413 g/mol. The molecule has 0 aliphatic carbocycles. The molecule has 4 rings (SSSR count). The van der Waals surface area contributed by atoms with Gasteiger partial charge in [-0.1, -0.05) is 41.0 Å². The number of hydrogen-bond acceptors (Lipinski definition) is 7. The fourth-order valence-corrected chi connectivity index (χ4v) is 3.65. The molecule has 4 aromatic rings. The number of aromatic nitrogens is 3. The topological polar surface area (TPSA) is 78.1 Å². The minimum absolute atomic E-state index is 0.0214. The first-order valence-corrected chi connectivity index (χ1v) is 9.93. The molecule has 0 spiro atoms. The molecular formula is C20H16ClN3O3S. The van der Waals surface area contributed by atoms with Crippen LogP contribution in [0.25, 0.3) is 21.6 Å². The summed E-state index contributed by atoms with van der Waals surface area (Å²) in [5, 5.41) is 7.37. The predicted molar refractivity (Wildman–Crippen MR) is 107 cm³/mol. The number of pyridine rings is 1. The summed E-state index contributed by atoms with van der Waals surface area (Å²) in [6, 6.07) is 11.6. The van der Waals surface area contributed by atoms with Crippen molar-refractivity contribution in [2.24, 2.45) is 0 Å². The van der Waals surface area contributed by atoms with Gasteiger partial charge in [-0.2, -0.15) is 4.98 Å². The van der Waals surface area contributed by atoms with Gasteiger partial charge in [-0.05, 0) is 30.0 Å². The van der Waals surface area contributed by atoms with Crippen LogP contribution < -0.4 is 0 Å². The van der Waals surface area contributed by atoms with Gasteiger partial charge in [-0.15, -0.1) is 11.3 Å². The third-order valence-electron chi connectivity index (χ3n) is 4.27. The first-order chi connectivity index (χ1) is 13.6. The van der Waals surface area contributed by atoms with Crippen LogP contribution in [0.5, 0.6) is 0 Å². The molecule has 0 N–H and O–H groups in total. The number of benzene rings is 1. The molecule has 142 valence electrons. The molecule has 0 fully saturated rings. The number of aryl methyl sites for hydroxylation is 2. The predicted octanol–water partition coefficient (Wildman–Crippen LogP) is 4.98. The van der Waals surface area contributed by atoms with Crippen LogP contribution in [0, 0.1) is 6.92 Å². The number of halogens is 1. The van der Waals surface area contributed by atoms with Crippen LogP contribution in [-0.2, 0) is 22.6 Å². The van der Waals surface area contributed by atoms with Crippen LogP contribution in [0.15, 0.2) is 46.3 Å². The summed E-state index contributed by atoms with van der Waals surface area (Å²) in [6.07, 6.45) is 0.450. The Kier molecular flexibility index (Phi) is 5.36. The van der Waals surface area contributed by atoms with Crippen molar-refractivity contribution in [3.8, 4) is 10.7 Å². The summed E-state index contributed by atoms with van der Waals surface area (Å²) in [5.41, 5.74) is 2.29. The van der Waals surface area contributed by atoms with E-state index in [1.807, 2.05) is 48.7 Å². The highest BCUT2D eigenvalue weighted by molar-refractivity contribution is 7.13. The fraction of sp³-hybridized carbons (Fsp3) is 0.200. The van der Waals surface area contributed by atoms with Crippen LogP contribution in [0.2, 0.25) is 5.02 Å². The van der Waals surface area contributed by atoms with Gasteiger partial charge in [0.1, 0.15) is 6.61 Å². The molecule has 6 nitrogen and oxygen atoms in total. The van der Waals surface area contributed by atoms with E-state index in [0.717, 1.165) is 21.3 Å². The van der Waals surface area contributed by atoms with Gasteiger partial charge in [0.2, 0.25) is 11.7 Å². The van der Waals surface area contributed by atoms with Crippen LogP contribution in [0.4, 0.5) is 0 Å². The molecule has 3 heterocycles. The van der Waals surface area contributed by atoms with E-state index in [1.165, 1.54) is 11.3 Å². The smallest absolute Gasteiger partial charge is 0.306 e. The number of fused-ring (bicyclic) bond motifs is 1. The average molecular weight is 414 g/mol. The zero-order valence-corrected chi connectivity index (χ0v) is 16.6. The molecule has 0 bridgehead atoms. The van der Waals surface area contributed by atoms with Crippen molar-refractivity contribution < 1.29 is 14.1 Å². The number of para-hydroxylation sites is 1. The molecular weight excluding hydrogens is 398 g/mol. The van der Waals surface area contributed by atoms with Crippen LogP contribution in [0.3, 0.4) is 0 Å². The number of ether oxygens (including phenoxy) is 1. The van der Waals surface area contributed by atoms with E-state index in [9.17, 15) is 4.79 Å². The lowest BCUT2D eigenvalue weighted by Gasteiger charge is -2.10. The lowest BCUT2D eigenvalue weighted by Crippen LogP contribution is -2.08. The second-order valence-corrected chi connectivity index (χ2v) is 7.49. The molecule has 0 aliphatic rings. The Balaban J connectivity index is 1.36. The van der Waals surface area contributed by atoms with Crippen LogP contribution >= 0.6 is 22.9 Å². The zero-order valence-electron chi connectivity index (χ0n) is 15.0.